The lowest BCUT2D eigenvalue weighted by molar-refractivity contribution is 0.517. The standard InChI is InChI=1S/C58H44N4/c1-35-30-41(36-16-6-4-7-17-36)32-47-52(35)54-55(58(47,2)3)59-56(40-26-28-45-44-24-14-15-25-48(44)61(50(45)34-40)42-21-8-5-9-22-42)60-57(54)62-49-29-27-37-18-12-13-23-43(37)53(49)46-31-38-19-10-11-20-39(38)33-51(46)62/h4-29,31-35,57H,30H2,1-3H3,(H,59,60). The van der Waals surface area contributed by atoms with Crippen LogP contribution in [-0.4, -0.2) is 15.0 Å². The van der Waals surface area contributed by atoms with Gasteiger partial charge in [-0.3, -0.25) is 0 Å². The normalized spacial score (nSPS) is 18.5. The Morgan fingerprint density at radius 2 is 1.23 bits per heavy atom. The Kier molecular flexibility index (Phi) is 7.43. The second kappa shape index (κ2) is 13.0. The number of benzene rings is 8. The Labute approximate surface area is 360 Å². The van der Waals surface area contributed by atoms with Crippen molar-refractivity contribution >= 4 is 76.6 Å². The second-order valence-electron chi connectivity index (χ2n) is 18.0. The molecule has 0 amide bonds. The van der Waals surface area contributed by atoms with Gasteiger partial charge < -0.3 is 14.5 Å². The first-order valence-electron chi connectivity index (χ1n) is 22.0. The summed E-state index contributed by atoms with van der Waals surface area (Å²) < 4.78 is 4.98. The molecule has 13 rings (SSSR count). The van der Waals surface area contributed by atoms with E-state index in [9.17, 15) is 0 Å². The monoisotopic (exact) mass is 796 g/mol. The topological polar surface area (TPSA) is 34.2 Å². The van der Waals surface area contributed by atoms with Crippen LogP contribution in [0.5, 0.6) is 0 Å². The van der Waals surface area contributed by atoms with E-state index in [0.717, 1.165) is 29.0 Å². The maximum atomic E-state index is 5.98. The fourth-order valence-electron chi connectivity index (χ4n) is 11.3. The predicted octanol–water partition coefficient (Wildman–Crippen LogP) is 14.5. The summed E-state index contributed by atoms with van der Waals surface area (Å²) in [6.07, 6.45) is 3.17. The van der Waals surface area contributed by atoms with Crippen LogP contribution in [-0.2, 0) is 0 Å². The van der Waals surface area contributed by atoms with Gasteiger partial charge in [0.25, 0.3) is 0 Å². The minimum Gasteiger partial charge on any atom is -0.342 e. The van der Waals surface area contributed by atoms with Gasteiger partial charge in [0.2, 0.25) is 0 Å². The van der Waals surface area contributed by atoms with Gasteiger partial charge in [0.15, 0.2) is 6.17 Å². The highest BCUT2D eigenvalue weighted by Crippen LogP contribution is 2.58. The molecule has 3 heterocycles. The fourth-order valence-corrected chi connectivity index (χ4v) is 11.3. The molecule has 0 fully saturated rings. The second-order valence-corrected chi connectivity index (χ2v) is 18.0. The zero-order chi connectivity index (χ0) is 41.3. The summed E-state index contributed by atoms with van der Waals surface area (Å²) in [7, 11) is 0. The van der Waals surface area contributed by atoms with Gasteiger partial charge in [0.05, 0.1) is 22.1 Å². The molecule has 3 aliphatic rings. The van der Waals surface area contributed by atoms with Crippen molar-refractivity contribution < 1.29 is 0 Å². The molecule has 0 radical (unpaired) electrons. The molecule has 4 nitrogen and oxygen atoms in total. The number of para-hydroxylation sites is 2. The lowest BCUT2D eigenvalue weighted by Gasteiger charge is -2.33. The number of fused-ring (bicyclic) bond motifs is 10. The van der Waals surface area contributed by atoms with Crippen molar-refractivity contribution in [3.8, 4) is 5.69 Å². The van der Waals surface area contributed by atoms with Gasteiger partial charge in [-0.25, -0.2) is 4.99 Å². The molecule has 0 bridgehead atoms. The van der Waals surface area contributed by atoms with Gasteiger partial charge >= 0.3 is 0 Å². The predicted molar refractivity (Wildman–Crippen MR) is 260 cm³/mol. The number of aromatic nitrogens is 2. The van der Waals surface area contributed by atoms with E-state index < -0.39 is 0 Å². The number of nitrogens with one attached hydrogen (secondary N) is 1. The van der Waals surface area contributed by atoms with E-state index in [0.29, 0.717) is 5.92 Å². The first-order valence-corrected chi connectivity index (χ1v) is 22.0. The number of rotatable bonds is 4. The molecule has 0 saturated carbocycles. The van der Waals surface area contributed by atoms with Gasteiger partial charge in [0.1, 0.15) is 5.84 Å². The van der Waals surface area contributed by atoms with Gasteiger partial charge in [-0.05, 0) is 98.6 Å². The van der Waals surface area contributed by atoms with Crippen molar-refractivity contribution in [1.82, 2.24) is 14.5 Å². The molecule has 2 atom stereocenters. The lowest BCUT2D eigenvalue weighted by atomic mass is 9.75. The summed E-state index contributed by atoms with van der Waals surface area (Å²) in [5, 5.41) is 14.1. The van der Waals surface area contributed by atoms with E-state index in [1.165, 1.54) is 93.2 Å². The third-order valence-corrected chi connectivity index (χ3v) is 14.1. The first-order chi connectivity index (χ1) is 30.4. The maximum absolute atomic E-state index is 5.98. The number of hydrogen-bond acceptors (Lipinski definition) is 2. The van der Waals surface area contributed by atoms with Gasteiger partial charge in [-0.1, -0.05) is 160 Å². The number of hydrogen-bond donors (Lipinski definition) is 1. The average Bonchev–Trinajstić information content (AvgIpc) is 3.91. The molecular weight excluding hydrogens is 753 g/mol. The summed E-state index contributed by atoms with van der Waals surface area (Å²) in [5.41, 5.74) is 14.8. The zero-order valence-electron chi connectivity index (χ0n) is 35.0. The maximum Gasteiger partial charge on any atom is 0.155 e. The summed E-state index contributed by atoms with van der Waals surface area (Å²) in [4.78, 5) is 5.98. The molecule has 0 spiro atoms. The summed E-state index contributed by atoms with van der Waals surface area (Å²) >= 11 is 0. The van der Waals surface area contributed by atoms with Gasteiger partial charge in [0, 0.05) is 49.5 Å². The average molecular weight is 797 g/mol. The van der Waals surface area contributed by atoms with Crippen LogP contribution in [0.3, 0.4) is 0 Å². The Morgan fingerprint density at radius 3 is 2.03 bits per heavy atom. The van der Waals surface area contributed by atoms with Crippen LogP contribution in [0.15, 0.2) is 209 Å². The molecule has 62 heavy (non-hydrogen) atoms. The van der Waals surface area contributed by atoms with Crippen LogP contribution in [0.1, 0.15) is 44.5 Å². The first kappa shape index (κ1) is 35.3. The molecule has 1 N–H and O–H groups in total. The highest BCUT2D eigenvalue weighted by Gasteiger charge is 2.48. The summed E-state index contributed by atoms with van der Waals surface area (Å²) in [6, 6.07) is 64.5. The molecule has 1 aliphatic heterocycles. The highest BCUT2D eigenvalue weighted by atomic mass is 15.2. The Balaban J connectivity index is 1.10. The Hall–Kier alpha value is -7.43. The summed E-state index contributed by atoms with van der Waals surface area (Å²) in [6.45, 7) is 7.26. The largest absolute Gasteiger partial charge is 0.342 e. The van der Waals surface area contributed by atoms with Gasteiger partial charge in [-0.2, -0.15) is 0 Å². The van der Waals surface area contributed by atoms with Crippen molar-refractivity contribution in [2.24, 2.45) is 16.3 Å². The minimum atomic E-state index is -0.319. The number of amidine groups is 1. The van der Waals surface area contributed by atoms with E-state index in [1.54, 1.807) is 0 Å². The number of nitrogens with zero attached hydrogens (tertiary/aromatic N) is 3. The number of aliphatic imine (C=N–C) groups is 1. The van der Waals surface area contributed by atoms with Crippen molar-refractivity contribution in [3.63, 3.8) is 0 Å². The molecule has 2 aromatic heterocycles. The van der Waals surface area contributed by atoms with Crippen molar-refractivity contribution in [2.75, 3.05) is 0 Å². The smallest absolute Gasteiger partial charge is 0.155 e. The summed E-state index contributed by atoms with van der Waals surface area (Å²) in [5.74, 6) is 1.19. The molecule has 2 aliphatic carbocycles. The number of allylic oxidation sites excluding steroid dienone is 3. The molecule has 10 aromatic rings. The third kappa shape index (κ3) is 4.98. The van der Waals surface area contributed by atoms with Crippen LogP contribution in [0.25, 0.3) is 76.4 Å². The molecule has 2 unspecified atom stereocenters. The van der Waals surface area contributed by atoms with Crippen LogP contribution >= 0.6 is 0 Å². The highest BCUT2D eigenvalue weighted by molar-refractivity contribution is 6.23. The van der Waals surface area contributed by atoms with Crippen LogP contribution in [0.2, 0.25) is 0 Å². The Bertz CT molecular complexity index is 3670. The molecular formula is C58H44N4. The van der Waals surface area contributed by atoms with Crippen LogP contribution in [0.4, 0.5) is 0 Å². The molecule has 8 aromatic carbocycles. The van der Waals surface area contributed by atoms with Crippen molar-refractivity contribution in [1.29, 1.82) is 0 Å². The molecule has 0 saturated heterocycles. The minimum absolute atomic E-state index is 0.297. The van der Waals surface area contributed by atoms with Crippen LogP contribution in [0, 0.1) is 11.3 Å². The van der Waals surface area contributed by atoms with E-state index in [-0.39, 0.29) is 11.6 Å². The van der Waals surface area contributed by atoms with Crippen molar-refractivity contribution in [3.05, 3.63) is 216 Å². The third-order valence-electron chi connectivity index (χ3n) is 14.1. The fraction of sp³-hybridized carbons (Fsp3) is 0.121. The quantitative estimate of drug-likeness (QED) is 0.189. The van der Waals surface area contributed by atoms with Crippen LogP contribution < -0.4 is 5.32 Å². The molecule has 4 heteroatoms. The Morgan fingerprint density at radius 1 is 0.548 bits per heavy atom. The lowest BCUT2D eigenvalue weighted by Crippen LogP contribution is -2.36. The molecule has 296 valence electrons. The van der Waals surface area contributed by atoms with E-state index in [4.69, 9.17) is 4.99 Å². The zero-order valence-corrected chi connectivity index (χ0v) is 35.0. The van der Waals surface area contributed by atoms with E-state index in [2.05, 4.69) is 217 Å². The van der Waals surface area contributed by atoms with Crippen molar-refractivity contribution in [2.45, 2.75) is 33.4 Å². The van der Waals surface area contributed by atoms with Gasteiger partial charge in [-0.15, -0.1) is 0 Å². The SMILES string of the molecule is CC1CC(c2ccccc2)=CC2=C1C1=C(NC(c3ccc4c5ccccc5n(-c5ccccc5)c4c3)=NC1n1c3cc4ccccc4cc3c3c4ccccc4ccc31)C2(C)C. The van der Waals surface area contributed by atoms with E-state index in [1.807, 2.05) is 0 Å². The van der Waals surface area contributed by atoms with E-state index >= 15 is 0 Å².